The van der Waals surface area contributed by atoms with Gasteiger partial charge in [0.1, 0.15) is 0 Å². The van der Waals surface area contributed by atoms with Gasteiger partial charge in [-0.25, -0.2) is 4.39 Å². The molecular formula is C4H6F. The van der Waals surface area contributed by atoms with E-state index in [4.69, 9.17) is 0 Å². The van der Waals surface area contributed by atoms with Crippen LogP contribution in [-0.4, -0.2) is 0 Å². The van der Waals surface area contributed by atoms with E-state index in [1.165, 1.54) is 0 Å². The summed E-state index contributed by atoms with van der Waals surface area (Å²) in [6, 6.07) is 0. The van der Waals surface area contributed by atoms with Crippen LogP contribution in [0.5, 0.6) is 0 Å². The molecule has 29 valence electrons. The standard InChI is InChI=1S/C4H6F/c1-3-4(2)5/h2H,3H2,1H3. The highest BCUT2D eigenvalue weighted by molar-refractivity contribution is 4.71. The predicted octanol–water partition coefficient (Wildman–Crippen LogP) is 1.68. The lowest BCUT2D eigenvalue weighted by molar-refractivity contribution is 0.606. The summed E-state index contributed by atoms with van der Waals surface area (Å²) < 4.78 is 11.1. The molecule has 0 nitrogen and oxygen atoms in total. The summed E-state index contributed by atoms with van der Waals surface area (Å²) in [5.41, 5.74) is 0. The van der Waals surface area contributed by atoms with Crippen molar-refractivity contribution in [1.82, 2.24) is 0 Å². The Hall–Kier alpha value is -0.330. The van der Waals surface area contributed by atoms with Crippen LogP contribution in [-0.2, 0) is 0 Å². The Labute approximate surface area is 31.3 Å². The fourth-order valence-electron chi connectivity index (χ4n) is 0. The lowest BCUT2D eigenvalue weighted by Crippen LogP contribution is -1.56. The molecule has 0 atom stereocenters. The molecule has 0 saturated carbocycles. The highest BCUT2D eigenvalue weighted by atomic mass is 19.1. The SMILES string of the molecule is [CH]=C(F)CC. The van der Waals surface area contributed by atoms with E-state index in [1.807, 2.05) is 0 Å². The van der Waals surface area contributed by atoms with Gasteiger partial charge in [0.05, 0.1) is 5.83 Å². The zero-order chi connectivity index (χ0) is 4.28. The quantitative estimate of drug-likeness (QED) is 0.443. The van der Waals surface area contributed by atoms with Crippen molar-refractivity contribution in [3.8, 4) is 0 Å². The van der Waals surface area contributed by atoms with Crippen molar-refractivity contribution in [2.45, 2.75) is 13.3 Å². The lowest BCUT2D eigenvalue weighted by atomic mass is 10.5. The summed E-state index contributed by atoms with van der Waals surface area (Å²) in [5.74, 6) is -0.495. The van der Waals surface area contributed by atoms with E-state index >= 15 is 0 Å². The van der Waals surface area contributed by atoms with Crippen molar-refractivity contribution in [2.75, 3.05) is 0 Å². The summed E-state index contributed by atoms with van der Waals surface area (Å²) in [6.07, 6.45) is 0.333. The van der Waals surface area contributed by atoms with E-state index in [-0.39, 0.29) is 0 Å². The molecule has 0 spiro atoms. The van der Waals surface area contributed by atoms with Crippen molar-refractivity contribution in [3.63, 3.8) is 0 Å². The van der Waals surface area contributed by atoms with Crippen molar-refractivity contribution in [3.05, 3.63) is 12.4 Å². The normalized spacial score (nSPS) is 7.60. The van der Waals surface area contributed by atoms with Gasteiger partial charge in [-0.15, -0.1) is 0 Å². The molecule has 1 heteroatoms. The second kappa shape index (κ2) is 1.94. The molecule has 0 aliphatic rings. The molecule has 0 fully saturated rings. The van der Waals surface area contributed by atoms with Crippen molar-refractivity contribution >= 4 is 0 Å². The Morgan fingerprint density at radius 1 is 2.00 bits per heavy atom. The van der Waals surface area contributed by atoms with E-state index in [9.17, 15) is 4.39 Å². The van der Waals surface area contributed by atoms with Crippen LogP contribution in [0, 0.1) is 6.58 Å². The third-order valence-electron chi connectivity index (χ3n) is 0.338. The molecule has 0 rings (SSSR count). The van der Waals surface area contributed by atoms with Gasteiger partial charge in [0.2, 0.25) is 0 Å². The number of hydrogen-bond donors (Lipinski definition) is 0. The Morgan fingerprint density at radius 2 is 2.20 bits per heavy atom. The molecule has 5 heavy (non-hydrogen) atoms. The third kappa shape index (κ3) is 3.67. The maximum atomic E-state index is 11.1. The van der Waals surface area contributed by atoms with E-state index in [0.29, 0.717) is 6.42 Å². The molecule has 0 aliphatic heterocycles. The minimum absolute atomic E-state index is 0.333. The van der Waals surface area contributed by atoms with Crippen LogP contribution in [0.1, 0.15) is 13.3 Å². The number of rotatable bonds is 1. The van der Waals surface area contributed by atoms with Gasteiger partial charge in [-0.2, -0.15) is 0 Å². The first-order chi connectivity index (χ1) is 2.27. The summed E-state index contributed by atoms with van der Waals surface area (Å²) in [7, 11) is 0. The average Bonchev–Trinajstić information content (AvgIpc) is 1.38. The molecule has 0 amide bonds. The Bertz CT molecular complexity index is 38.9. The van der Waals surface area contributed by atoms with Crippen molar-refractivity contribution in [2.24, 2.45) is 0 Å². The van der Waals surface area contributed by atoms with Gasteiger partial charge in [0, 0.05) is 0 Å². The molecular weight excluding hydrogens is 67.0 g/mol. The Kier molecular flexibility index (Phi) is 1.81. The topological polar surface area (TPSA) is 0 Å². The van der Waals surface area contributed by atoms with Gasteiger partial charge >= 0.3 is 0 Å². The number of halogens is 1. The molecule has 0 N–H and O–H groups in total. The first-order valence-electron chi connectivity index (χ1n) is 1.54. The summed E-state index contributed by atoms with van der Waals surface area (Å²) in [6.45, 7) is 6.20. The largest absolute Gasteiger partial charge is 0.212 e. The fourth-order valence-corrected chi connectivity index (χ4v) is 0. The number of hydrogen-bond acceptors (Lipinski definition) is 0. The van der Waals surface area contributed by atoms with E-state index in [2.05, 4.69) is 6.58 Å². The highest BCUT2D eigenvalue weighted by Gasteiger charge is 1.74. The van der Waals surface area contributed by atoms with Crippen LogP contribution in [0.4, 0.5) is 4.39 Å². The van der Waals surface area contributed by atoms with E-state index in [0.717, 1.165) is 0 Å². The second-order valence-electron chi connectivity index (χ2n) is 0.800. The van der Waals surface area contributed by atoms with Crippen LogP contribution < -0.4 is 0 Å². The third-order valence-corrected chi connectivity index (χ3v) is 0.338. The molecule has 0 heterocycles. The molecule has 0 bridgehead atoms. The maximum Gasteiger partial charge on any atom is 0.0997 e. The van der Waals surface area contributed by atoms with E-state index in [1.54, 1.807) is 6.92 Å². The van der Waals surface area contributed by atoms with Gasteiger partial charge < -0.3 is 0 Å². The molecule has 0 aromatic heterocycles. The minimum atomic E-state index is -0.495. The van der Waals surface area contributed by atoms with Crippen LogP contribution >= 0.6 is 0 Å². The average molecular weight is 73.1 g/mol. The monoisotopic (exact) mass is 73.0 g/mol. The van der Waals surface area contributed by atoms with Crippen LogP contribution in [0.2, 0.25) is 0 Å². The fraction of sp³-hybridized carbons (Fsp3) is 0.500. The minimum Gasteiger partial charge on any atom is -0.212 e. The maximum absolute atomic E-state index is 11.1. The summed E-state index contributed by atoms with van der Waals surface area (Å²) in [4.78, 5) is 0. The molecule has 1 radical (unpaired) electrons. The highest BCUT2D eigenvalue weighted by Crippen LogP contribution is 1.92. The Balaban J connectivity index is 2.85. The number of allylic oxidation sites excluding steroid dienone is 1. The van der Waals surface area contributed by atoms with Crippen LogP contribution in [0.3, 0.4) is 0 Å². The van der Waals surface area contributed by atoms with Gasteiger partial charge in [-0.05, 0) is 13.0 Å². The van der Waals surface area contributed by atoms with Gasteiger partial charge in [-0.1, -0.05) is 6.92 Å². The zero-order valence-electron chi connectivity index (χ0n) is 3.16. The second-order valence-corrected chi connectivity index (χ2v) is 0.800. The molecule has 0 aromatic rings. The van der Waals surface area contributed by atoms with Gasteiger partial charge in [-0.3, -0.25) is 0 Å². The summed E-state index contributed by atoms with van der Waals surface area (Å²) >= 11 is 0. The lowest BCUT2D eigenvalue weighted by Gasteiger charge is -1.73. The molecule has 0 aromatic carbocycles. The molecule has 0 saturated heterocycles. The first kappa shape index (κ1) is 4.67. The van der Waals surface area contributed by atoms with Crippen LogP contribution in [0.25, 0.3) is 0 Å². The Morgan fingerprint density at radius 3 is 2.20 bits per heavy atom. The van der Waals surface area contributed by atoms with Crippen LogP contribution in [0.15, 0.2) is 5.83 Å². The van der Waals surface area contributed by atoms with Gasteiger partial charge in [0.25, 0.3) is 0 Å². The first-order valence-corrected chi connectivity index (χ1v) is 1.54. The van der Waals surface area contributed by atoms with Crippen molar-refractivity contribution in [1.29, 1.82) is 0 Å². The molecule has 0 unspecified atom stereocenters. The smallest absolute Gasteiger partial charge is 0.0997 e. The van der Waals surface area contributed by atoms with Crippen molar-refractivity contribution < 1.29 is 4.39 Å². The molecule has 0 aliphatic carbocycles. The zero-order valence-corrected chi connectivity index (χ0v) is 3.16. The van der Waals surface area contributed by atoms with Gasteiger partial charge in [0.15, 0.2) is 0 Å². The summed E-state index contributed by atoms with van der Waals surface area (Å²) in [5, 5.41) is 0. The predicted molar refractivity (Wildman–Crippen MR) is 19.2 cm³/mol. The van der Waals surface area contributed by atoms with E-state index < -0.39 is 5.83 Å².